The number of rotatable bonds is 6. The number of nitrogens with two attached hydrogens (primary N) is 1. The minimum Gasteiger partial charge on any atom is -0.476 e. The van der Waals surface area contributed by atoms with Crippen LogP contribution in [-0.4, -0.2) is 23.3 Å². The van der Waals surface area contributed by atoms with Crippen molar-refractivity contribution in [1.82, 2.24) is 4.98 Å². The second-order valence-corrected chi connectivity index (χ2v) is 4.16. The second kappa shape index (κ2) is 6.77. The third kappa shape index (κ3) is 3.39. The van der Waals surface area contributed by atoms with E-state index in [1.807, 2.05) is 31.2 Å². The molecule has 0 radical (unpaired) electrons. The molecule has 2 aromatic rings. The van der Waals surface area contributed by atoms with Gasteiger partial charge in [0.15, 0.2) is 0 Å². The Morgan fingerprint density at radius 1 is 1.20 bits per heavy atom. The molecule has 0 fully saturated rings. The lowest BCUT2D eigenvalue weighted by Crippen LogP contribution is -2.01. The van der Waals surface area contributed by atoms with Crippen molar-refractivity contribution in [2.75, 3.05) is 18.9 Å². The van der Waals surface area contributed by atoms with Crippen molar-refractivity contribution >= 4 is 5.69 Å². The molecule has 0 saturated carbocycles. The zero-order valence-electron chi connectivity index (χ0n) is 11.4. The first-order valence-electron chi connectivity index (χ1n) is 6.50. The molecule has 0 aliphatic carbocycles. The zero-order valence-corrected chi connectivity index (χ0v) is 11.4. The van der Waals surface area contributed by atoms with Crippen LogP contribution in [0, 0.1) is 0 Å². The third-order valence-electron chi connectivity index (χ3n) is 2.71. The normalized spacial score (nSPS) is 10.3. The summed E-state index contributed by atoms with van der Waals surface area (Å²) in [6, 6.07) is 10.9. The number of hydrogen-bond donors (Lipinski definition) is 2. The predicted octanol–water partition coefficient (Wildman–Crippen LogP) is 2.39. The van der Waals surface area contributed by atoms with Crippen LogP contribution in [0.25, 0.3) is 0 Å². The molecule has 0 unspecified atom stereocenters. The van der Waals surface area contributed by atoms with Crippen molar-refractivity contribution in [3.05, 3.63) is 42.0 Å². The number of aliphatic hydroxyl groups is 1. The fourth-order valence-corrected chi connectivity index (χ4v) is 1.79. The lowest BCUT2D eigenvalue weighted by molar-refractivity contribution is 0.297. The third-order valence-corrected chi connectivity index (χ3v) is 2.71. The zero-order chi connectivity index (χ0) is 14.4. The van der Waals surface area contributed by atoms with Crippen LogP contribution in [0.5, 0.6) is 17.5 Å². The molecule has 5 nitrogen and oxygen atoms in total. The molecule has 5 heteroatoms. The standard InChI is InChI=1S/C15H18N2O3/c1-2-19-15-12(16)7-8-14(17-15)20-13-6-4-3-5-11(13)9-10-18/h3-8,18H,2,9-10,16H2,1H3. The van der Waals surface area contributed by atoms with Gasteiger partial charge in [0.25, 0.3) is 0 Å². The van der Waals surface area contributed by atoms with E-state index in [4.69, 9.17) is 20.3 Å². The Hall–Kier alpha value is -2.27. The van der Waals surface area contributed by atoms with Crippen molar-refractivity contribution < 1.29 is 14.6 Å². The number of aliphatic hydroxyl groups excluding tert-OH is 1. The summed E-state index contributed by atoms with van der Waals surface area (Å²) >= 11 is 0. The quantitative estimate of drug-likeness (QED) is 0.845. The van der Waals surface area contributed by atoms with E-state index in [1.165, 1.54) is 0 Å². The summed E-state index contributed by atoms with van der Waals surface area (Å²) in [7, 11) is 0. The van der Waals surface area contributed by atoms with Gasteiger partial charge in [0, 0.05) is 12.7 Å². The molecule has 0 saturated heterocycles. The fraction of sp³-hybridized carbons (Fsp3) is 0.267. The van der Waals surface area contributed by atoms with E-state index in [-0.39, 0.29) is 6.61 Å². The Morgan fingerprint density at radius 2 is 2.00 bits per heavy atom. The van der Waals surface area contributed by atoms with Crippen LogP contribution < -0.4 is 15.2 Å². The molecule has 106 valence electrons. The average molecular weight is 274 g/mol. The van der Waals surface area contributed by atoms with Crippen LogP contribution in [0.2, 0.25) is 0 Å². The van der Waals surface area contributed by atoms with Crippen molar-refractivity contribution in [2.24, 2.45) is 0 Å². The van der Waals surface area contributed by atoms with Gasteiger partial charge in [0.2, 0.25) is 11.8 Å². The molecule has 1 aromatic heterocycles. The Labute approximate surface area is 118 Å². The maximum atomic E-state index is 9.05. The molecule has 0 bridgehead atoms. The van der Waals surface area contributed by atoms with Crippen molar-refractivity contribution in [1.29, 1.82) is 0 Å². The minimum atomic E-state index is 0.0692. The molecule has 0 atom stereocenters. The number of pyridine rings is 1. The first-order valence-corrected chi connectivity index (χ1v) is 6.50. The largest absolute Gasteiger partial charge is 0.476 e. The first kappa shape index (κ1) is 14.1. The molecule has 0 aliphatic rings. The maximum absolute atomic E-state index is 9.05. The molecule has 0 spiro atoms. The molecule has 3 N–H and O–H groups in total. The van der Waals surface area contributed by atoms with E-state index in [1.54, 1.807) is 12.1 Å². The SMILES string of the molecule is CCOc1nc(Oc2ccccc2CCO)ccc1N. The Morgan fingerprint density at radius 3 is 2.75 bits per heavy atom. The van der Waals surface area contributed by atoms with Crippen LogP contribution in [-0.2, 0) is 6.42 Å². The molecule has 0 amide bonds. The van der Waals surface area contributed by atoms with Gasteiger partial charge in [-0.05, 0) is 31.0 Å². The van der Waals surface area contributed by atoms with E-state index in [0.29, 0.717) is 36.2 Å². The van der Waals surface area contributed by atoms with Crippen LogP contribution in [0.1, 0.15) is 12.5 Å². The summed E-state index contributed by atoms with van der Waals surface area (Å²) < 4.78 is 11.1. The van der Waals surface area contributed by atoms with Crippen LogP contribution >= 0.6 is 0 Å². The molecule has 1 aromatic carbocycles. The van der Waals surface area contributed by atoms with Crippen LogP contribution in [0.3, 0.4) is 0 Å². The van der Waals surface area contributed by atoms with E-state index in [0.717, 1.165) is 5.56 Å². The van der Waals surface area contributed by atoms with Gasteiger partial charge in [-0.3, -0.25) is 0 Å². The van der Waals surface area contributed by atoms with E-state index in [9.17, 15) is 0 Å². The maximum Gasteiger partial charge on any atom is 0.240 e. The highest BCUT2D eigenvalue weighted by molar-refractivity contribution is 5.50. The number of aromatic nitrogens is 1. The van der Waals surface area contributed by atoms with Gasteiger partial charge >= 0.3 is 0 Å². The summed E-state index contributed by atoms with van der Waals surface area (Å²) in [6.45, 7) is 2.42. The average Bonchev–Trinajstić information content (AvgIpc) is 2.45. The fourth-order valence-electron chi connectivity index (χ4n) is 1.79. The molecule has 0 aliphatic heterocycles. The number of nitrogens with zero attached hydrogens (tertiary/aromatic N) is 1. The van der Waals surface area contributed by atoms with Gasteiger partial charge in [-0.1, -0.05) is 18.2 Å². The topological polar surface area (TPSA) is 77.6 Å². The molecule has 20 heavy (non-hydrogen) atoms. The predicted molar refractivity (Wildman–Crippen MR) is 77.1 cm³/mol. The molecular formula is C15H18N2O3. The van der Waals surface area contributed by atoms with Gasteiger partial charge in [-0.25, -0.2) is 0 Å². The number of anilines is 1. The number of benzene rings is 1. The van der Waals surface area contributed by atoms with Gasteiger partial charge in [-0.2, -0.15) is 4.98 Å². The smallest absolute Gasteiger partial charge is 0.240 e. The molecule has 2 rings (SSSR count). The summed E-state index contributed by atoms with van der Waals surface area (Å²) in [5.41, 5.74) is 7.17. The lowest BCUT2D eigenvalue weighted by atomic mass is 10.1. The highest BCUT2D eigenvalue weighted by Gasteiger charge is 2.08. The highest BCUT2D eigenvalue weighted by atomic mass is 16.5. The van der Waals surface area contributed by atoms with E-state index in [2.05, 4.69) is 4.98 Å². The van der Waals surface area contributed by atoms with Crippen LogP contribution in [0.15, 0.2) is 36.4 Å². The molecule has 1 heterocycles. The number of ether oxygens (including phenoxy) is 2. The highest BCUT2D eigenvalue weighted by Crippen LogP contribution is 2.28. The number of nitrogen functional groups attached to an aromatic ring is 1. The summed E-state index contributed by atoms with van der Waals surface area (Å²) in [5, 5.41) is 9.05. The van der Waals surface area contributed by atoms with Gasteiger partial charge in [-0.15, -0.1) is 0 Å². The minimum absolute atomic E-state index is 0.0692. The van der Waals surface area contributed by atoms with Crippen molar-refractivity contribution in [3.8, 4) is 17.5 Å². The number of para-hydroxylation sites is 1. The van der Waals surface area contributed by atoms with Gasteiger partial charge in [0.1, 0.15) is 5.75 Å². The Balaban J connectivity index is 2.23. The Bertz CT molecular complexity index is 573. The summed E-state index contributed by atoms with van der Waals surface area (Å²) in [4.78, 5) is 4.23. The van der Waals surface area contributed by atoms with E-state index < -0.39 is 0 Å². The summed E-state index contributed by atoms with van der Waals surface area (Å²) in [6.07, 6.45) is 0.531. The van der Waals surface area contributed by atoms with Gasteiger partial charge in [0.05, 0.1) is 12.3 Å². The molecular weight excluding hydrogens is 256 g/mol. The van der Waals surface area contributed by atoms with Gasteiger partial charge < -0.3 is 20.3 Å². The van der Waals surface area contributed by atoms with Crippen LogP contribution in [0.4, 0.5) is 5.69 Å². The second-order valence-electron chi connectivity index (χ2n) is 4.16. The summed E-state index contributed by atoms with van der Waals surface area (Å²) in [5.74, 6) is 1.44. The first-order chi connectivity index (χ1) is 9.74. The number of hydrogen-bond acceptors (Lipinski definition) is 5. The lowest BCUT2D eigenvalue weighted by Gasteiger charge is -2.11. The Kier molecular flexibility index (Phi) is 4.79. The van der Waals surface area contributed by atoms with Crippen molar-refractivity contribution in [3.63, 3.8) is 0 Å². The van der Waals surface area contributed by atoms with Crippen molar-refractivity contribution in [2.45, 2.75) is 13.3 Å². The monoisotopic (exact) mass is 274 g/mol. The van der Waals surface area contributed by atoms with E-state index >= 15 is 0 Å².